The van der Waals surface area contributed by atoms with Gasteiger partial charge in [0.1, 0.15) is 6.04 Å². The van der Waals surface area contributed by atoms with Gasteiger partial charge in [0.25, 0.3) is 5.91 Å². The van der Waals surface area contributed by atoms with E-state index < -0.39 is 6.04 Å². The number of fused-ring (bicyclic) bond motifs is 1. The summed E-state index contributed by atoms with van der Waals surface area (Å²) in [6, 6.07) is 2.82. The summed E-state index contributed by atoms with van der Waals surface area (Å²) < 4.78 is 6.32. The summed E-state index contributed by atoms with van der Waals surface area (Å²) in [6.45, 7) is 2.78. The van der Waals surface area contributed by atoms with Gasteiger partial charge in [0.05, 0.1) is 24.6 Å². The van der Waals surface area contributed by atoms with Crippen molar-refractivity contribution in [3.8, 4) is 0 Å². The molecule has 0 bridgehead atoms. The molecule has 0 fully saturated rings. The summed E-state index contributed by atoms with van der Waals surface area (Å²) >= 11 is 1.37. The lowest BCUT2D eigenvalue weighted by Crippen LogP contribution is -2.55. The van der Waals surface area contributed by atoms with Gasteiger partial charge in [-0.15, -0.1) is 11.3 Å². The molecule has 0 aliphatic carbocycles. The number of carbonyl (C=O) groups excluding carboxylic acids is 2. The number of nitrogens with zero attached hydrogens (tertiary/aromatic N) is 3. The van der Waals surface area contributed by atoms with E-state index >= 15 is 0 Å². The number of methoxy groups -OCH3 is 1. The molecule has 0 saturated carbocycles. The second kappa shape index (κ2) is 7.19. The number of ether oxygens (including phenoxy) is 1. The van der Waals surface area contributed by atoms with Crippen LogP contribution >= 0.6 is 11.3 Å². The van der Waals surface area contributed by atoms with Crippen molar-refractivity contribution in [2.45, 2.75) is 26.1 Å². The Hall–Kier alpha value is -2.46. The van der Waals surface area contributed by atoms with Gasteiger partial charge in [-0.2, -0.15) is 5.10 Å². The van der Waals surface area contributed by atoms with Crippen molar-refractivity contribution in [3.63, 3.8) is 0 Å². The second-order valence-electron chi connectivity index (χ2n) is 5.70. The summed E-state index contributed by atoms with van der Waals surface area (Å²) in [4.78, 5) is 40.3. The smallest absolute Gasteiger partial charge is 0.343 e. The van der Waals surface area contributed by atoms with E-state index in [1.165, 1.54) is 20.8 Å². The maximum atomic E-state index is 12.9. The zero-order chi connectivity index (χ0) is 18.0. The number of hydrogen-bond donors (Lipinski definition) is 2. The third-order valence-corrected chi connectivity index (χ3v) is 4.99. The minimum Gasteiger partial charge on any atom is -0.383 e. The number of carbonyl (C=O) groups is 2. The minimum atomic E-state index is -0.783. The molecule has 0 saturated heterocycles. The second-order valence-corrected chi connectivity index (χ2v) is 6.99. The topological polar surface area (TPSA) is 109 Å². The number of aromatic amines is 1. The van der Waals surface area contributed by atoms with Crippen LogP contribution < -0.4 is 11.0 Å². The third-order valence-electron chi connectivity index (χ3n) is 4.00. The van der Waals surface area contributed by atoms with Crippen LogP contribution in [0.4, 0.5) is 0 Å². The molecule has 2 N–H and O–H groups in total. The number of hydrogen-bond acceptors (Lipinski definition) is 6. The van der Waals surface area contributed by atoms with Crippen molar-refractivity contribution in [2.75, 3.05) is 20.3 Å². The number of amides is 2. The molecule has 0 spiro atoms. The molecule has 0 unspecified atom stereocenters. The van der Waals surface area contributed by atoms with E-state index in [4.69, 9.17) is 4.74 Å². The van der Waals surface area contributed by atoms with Crippen molar-refractivity contribution < 1.29 is 14.3 Å². The molecular formula is C15H19N5O4S. The average Bonchev–Trinajstić information content (AvgIpc) is 3.19. The molecule has 10 heteroatoms. The molecule has 2 aromatic rings. The van der Waals surface area contributed by atoms with Crippen molar-refractivity contribution in [1.82, 2.24) is 25.0 Å². The molecule has 2 aromatic heterocycles. The van der Waals surface area contributed by atoms with E-state index in [0.29, 0.717) is 23.9 Å². The van der Waals surface area contributed by atoms with Crippen molar-refractivity contribution >= 4 is 23.2 Å². The standard InChI is InChI=1S/C15H19N5O4S/c1-9-3-4-11(25-9)14(22)19-8-12-17-18-15(23)20(12)7-10(19)13(21)16-5-6-24-2/h3-4,10H,5-8H2,1-2H3,(H,16,21)(H,18,23)/t10-/m0/s1. The van der Waals surface area contributed by atoms with Gasteiger partial charge in [0.2, 0.25) is 5.91 Å². The summed E-state index contributed by atoms with van der Waals surface area (Å²) in [6.07, 6.45) is 0. The van der Waals surface area contributed by atoms with Crippen molar-refractivity contribution in [3.05, 3.63) is 38.2 Å². The number of rotatable bonds is 5. The van der Waals surface area contributed by atoms with E-state index in [2.05, 4.69) is 15.5 Å². The predicted molar refractivity (Wildman–Crippen MR) is 90.5 cm³/mol. The van der Waals surface area contributed by atoms with E-state index in [0.717, 1.165) is 4.88 Å². The Morgan fingerprint density at radius 3 is 2.96 bits per heavy atom. The van der Waals surface area contributed by atoms with Crippen molar-refractivity contribution in [2.24, 2.45) is 0 Å². The number of aryl methyl sites for hydroxylation is 1. The highest BCUT2D eigenvalue weighted by Gasteiger charge is 2.37. The molecule has 25 heavy (non-hydrogen) atoms. The number of aromatic nitrogens is 3. The molecule has 1 aliphatic heterocycles. The summed E-state index contributed by atoms with van der Waals surface area (Å²) in [5, 5.41) is 9.04. The predicted octanol–water partition coefficient (Wildman–Crippen LogP) is -0.271. The molecule has 1 atom stereocenters. The molecule has 134 valence electrons. The molecule has 0 aromatic carbocycles. The van der Waals surface area contributed by atoms with Gasteiger partial charge in [-0.1, -0.05) is 0 Å². The normalized spacial score (nSPS) is 16.6. The van der Waals surface area contributed by atoms with Crippen LogP contribution in [0, 0.1) is 6.92 Å². The molecule has 1 aliphatic rings. The number of H-pyrrole nitrogens is 1. The van der Waals surface area contributed by atoms with E-state index in [9.17, 15) is 14.4 Å². The Bertz CT molecular complexity index is 839. The fourth-order valence-corrected chi connectivity index (χ4v) is 3.54. The SMILES string of the molecule is COCCNC(=O)[C@@H]1Cn2c(n[nH]c2=O)CN1C(=O)c1ccc(C)s1. The van der Waals surface area contributed by atoms with E-state index in [-0.39, 0.29) is 30.6 Å². The summed E-state index contributed by atoms with van der Waals surface area (Å²) in [7, 11) is 1.54. The lowest BCUT2D eigenvalue weighted by Gasteiger charge is -2.34. The Labute approximate surface area is 147 Å². The van der Waals surface area contributed by atoms with Gasteiger partial charge in [-0.25, -0.2) is 9.89 Å². The molecule has 2 amide bonds. The third kappa shape index (κ3) is 3.49. The Kier molecular flexibility index (Phi) is 5.00. The zero-order valence-electron chi connectivity index (χ0n) is 13.9. The van der Waals surface area contributed by atoms with Gasteiger partial charge in [-0.05, 0) is 19.1 Å². The van der Waals surface area contributed by atoms with Gasteiger partial charge in [-0.3, -0.25) is 14.2 Å². The van der Waals surface area contributed by atoms with Gasteiger partial charge in [0.15, 0.2) is 5.82 Å². The molecule has 9 nitrogen and oxygen atoms in total. The average molecular weight is 365 g/mol. The van der Waals surface area contributed by atoms with Crippen LogP contribution in [0.25, 0.3) is 0 Å². The minimum absolute atomic E-state index is 0.0690. The highest BCUT2D eigenvalue weighted by molar-refractivity contribution is 7.13. The first-order valence-corrected chi connectivity index (χ1v) is 8.61. The van der Waals surface area contributed by atoms with Gasteiger partial charge < -0.3 is 15.0 Å². The number of thiophene rings is 1. The van der Waals surface area contributed by atoms with E-state index in [1.54, 1.807) is 13.2 Å². The van der Waals surface area contributed by atoms with Crippen molar-refractivity contribution in [1.29, 1.82) is 0 Å². The first-order valence-electron chi connectivity index (χ1n) is 7.79. The first kappa shape index (κ1) is 17.4. The Morgan fingerprint density at radius 1 is 1.48 bits per heavy atom. The van der Waals surface area contributed by atoms with Crippen LogP contribution in [0.5, 0.6) is 0 Å². The Morgan fingerprint density at radius 2 is 2.28 bits per heavy atom. The van der Waals surface area contributed by atoms with Crippen LogP contribution in [-0.4, -0.2) is 57.8 Å². The van der Waals surface area contributed by atoms with Crippen LogP contribution in [0.3, 0.4) is 0 Å². The highest BCUT2D eigenvalue weighted by atomic mass is 32.1. The lowest BCUT2D eigenvalue weighted by atomic mass is 10.1. The van der Waals surface area contributed by atoms with Crippen LogP contribution in [-0.2, 0) is 22.6 Å². The van der Waals surface area contributed by atoms with Crippen LogP contribution in [0.15, 0.2) is 16.9 Å². The monoisotopic (exact) mass is 365 g/mol. The summed E-state index contributed by atoms with van der Waals surface area (Å²) in [5.41, 5.74) is -0.385. The quantitative estimate of drug-likeness (QED) is 0.709. The van der Waals surface area contributed by atoms with Crippen LogP contribution in [0.2, 0.25) is 0 Å². The molecular weight excluding hydrogens is 346 g/mol. The van der Waals surface area contributed by atoms with Crippen LogP contribution in [0.1, 0.15) is 20.4 Å². The maximum absolute atomic E-state index is 12.9. The summed E-state index contributed by atoms with van der Waals surface area (Å²) in [5.74, 6) is -0.128. The first-order chi connectivity index (χ1) is 12.0. The maximum Gasteiger partial charge on any atom is 0.343 e. The fourth-order valence-electron chi connectivity index (χ4n) is 2.72. The number of nitrogens with one attached hydrogen (secondary N) is 2. The van der Waals surface area contributed by atoms with Gasteiger partial charge in [0, 0.05) is 18.5 Å². The van der Waals surface area contributed by atoms with Gasteiger partial charge >= 0.3 is 5.69 Å². The highest BCUT2D eigenvalue weighted by Crippen LogP contribution is 2.22. The zero-order valence-corrected chi connectivity index (χ0v) is 14.8. The largest absolute Gasteiger partial charge is 0.383 e. The van der Waals surface area contributed by atoms with E-state index in [1.807, 2.05) is 13.0 Å². The Balaban J connectivity index is 1.87. The molecule has 0 radical (unpaired) electrons. The molecule has 3 heterocycles. The lowest BCUT2D eigenvalue weighted by molar-refractivity contribution is -0.127. The molecule has 3 rings (SSSR count). The fraction of sp³-hybridized carbons (Fsp3) is 0.467.